The number of hydrogen-bond donors (Lipinski definition) is 0. The van der Waals surface area contributed by atoms with E-state index in [1.165, 1.54) is 92.5 Å². The van der Waals surface area contributed by atoms with Crippen LogP contribution < -0.4 is 19.6 Å². The highest BCUT2D eigenvalue weighted by Crippen LogP contribution is 2.65. The van der Waals surface area contributed by atoms with Gasteiger partial charge in [-0.1, -0.05) is 185 Å². The lowest BCUT2D eigenvalue weighted by atomic mass is 9.69. The first kappa shape index (κ1) is 43.4. The molecule has 1 saturated heterocycles. The minimum atomic E-state index is -0.000691. The summed E-state index contributed by atoms with van der Waals surface area (Å²) in [7, 11) is 0. The third-order valence-electron chi connectivity index (χ3n) is 18.6. The van der Waals surface area contributed by atoms with Gasteiger partial charge in [0.25, 0.3) is 0 Å². The molecule has 356 valence electrons. The van der Waals surface area contributed by atoms with Gasteiger partial charge in [-0.2, -0.15) is 0 Å². The summed E-state index contributed by atoms with van der Waals surface area (Å²) in [5.74, 6) is 1.48. The summed E-state index contributed by atoms with van der Waals surface area (Å²) in [6.07, 6.45) is 21.2. The van der Waals surface area contributed by atoms with Crippen molar-refractivity contribution in [3.63, 3.8) is 0 Å². The minimum Gasteiger partial charge on any atom is -0.357 e. The molecule has 15 rings (SSSR count). The number of nitrogens with zero attached hydrogens (tertiary/aromatic N) is 2. The predicted molar refractivity (Wildman–Crippen MR) is 308 cm³/mol. The van der Waals surface area contributed by atoms with Crippen molar-refractivity contribution in [2.75, 3.05) is 9.80 Å². The van der Waals surface area contributed by atoms with Crippen LogP contribution in [-0.2, 0) is 5.41 Å². The first-order valence-corrected chi connectivity index (χ1v) is 27.7. The van der Waals surface area contributed by atoms with Gasteiger partial charge in [0.2, 0.25) is 0 Å². The molecular formula is C70H60N2S. The second-order valence-electron chi connectivity index (χ2n) is 23.1. The standard InChI is InChI=1S/C70H60N2S/c1-69(2)59-26-16-14-24-53(59)67-65(69)57-41-45(28-32-61(57)71(67)51-22-12-7-13-23-51)47-30-34-63-55(39-47)56-40-48(31-35-64(56)73-63)46-29-33-62-58(42-46)66-68(54-25-15-17-27-60(54)70(66,3)4)72(62)52-37-49(43-18-8-5-9-19-43)36-50(38-52)44-20-10-6-11-21-44/h5-13,15-23,25-30,32-42,48,58,62,65-68H,14,24,31H2,1-4H3. The van der Waals surface area contributed by atoms with Gasteiger partial charge < -0.3 is 9.80 Å². The molecule has 7 unspecified atom stereocenters. The Labute approximate surface area is 434 Å². The lowest BCUT2D eigenvalue weighted by molar-refractivity contribution is 0.283. The number of fused-ring (bicyclic) bond motifs is 12. The van der Waals surface area contributed by atoms with Crippen LogP contribution in [0.4, 0.5) is 17.1 Å². The largest absolute Gasteiger partial charge is 0.357 e. The topological polar surface area (TPSA) is 6.48 Å². The zero-order valence-corrected chi connectivity index (χ0v) is 43.0. The predicted octanol–water partition coefficient (Wildman–Crippen LogP) is 16.4. The van der Waals surface area contributed by atoms with Crippen LogP contribution in [0, 0.1) is 23.2 Å². The van der Waals surface area contributed by atoms with Crippen LogP contribution in [0.25, 0.3) is 55.6 Å². The highest BCUT2D eigenvalue weighted by Gasteiger charge is 2.60. The zero-order chi connectivity index (χ0) is 48.7. The van der Waals surface area contributed by atoms with Crippen molar-refractivity contribution in [1.29, 1.82) is 0 Å². The Hall–Kier alpha value is -7.20. The average Bonchev–Trinajstić information content (AvgIpc) is 4.22. The molecule has 3 heteroatoms. The van der Waals surface area contributed by atoms with Crippen molar-refractivity contribution in [3.05, 3.63) is 243 Å². The molecule has 0 saturated carbocycles. The maximum absolute atomic E-state index is 2.82. The van der Waals surface area contributed by atoms with E-state index in [1.54, 1.807) is 11.1 Å². The van der Waals surface area contributed by atoms with Gasteiger partial charge in [0.1, 0.15) is 0 Å². The third kappa shape index (κ3) is 6.47. The van der Waals surface area contributed by atoms with E-state index in [4.69, 9.17) is 0 Å². The molecule has 0 amide bonds. The summed E-state index contributed by atoms with van der Waals surface area (Å²) in [5.41, 5.74) is 20.8. The summed E-state index contributed by atoms with van der Waals surface area (Å²) in [6.45, 7) is 10.0. The van der Waals surface area contributed by atoms with Gasteiger partial charge in [-0.3, -0.25) is 0 Å². The second-order valence-corrected chi connectivity index (χ2v) is 24.2. The van der Waals surface area contributed by atoms with Gasteiger partial charge in [0, 0.05) is 55.4 Å². The summed E-state index contributed by atoms with van der Waals surface area (Å²) in [4.78, 5) is 5.50. The quantitative estimate of drug-likeness (QED) is 0.164. The SMILES string of the molecule is CC1(C)C2=C(CCC=C2)C2C1c1cc(-c3ccc4sc5c(c4c3)=CC(C3=CC4C(C=C3)N(c3cc(-c6ccccc6)cc(-c6ccccc6)c3)C3c6ccccc6C(C)(C)C43)CC=5)ccc1N2c1ccccc1. The van der Waals surface area contributed by atoms with Crippen LogP contribution in [-0.4, -0.2) is 12.1 Å². The summed E-state index contributed by atoms with van der Waals surface area (Å²) in [6, 6.07) is 65.3. The Morgan fingerprint density at radius 3 is 2.04 bits per heavy atom. The molecule has 3 heterocycles. The highest BCUT2D eigenvalue weighted by molar-refractivity contribution is 7.17. The molecule has 1 fully saturated rings. The molecule has 0 spiro atoms. The minimum absolute atomic E-state index is 0.000691. The van der Waals surface area contributed by atoms with Crippen molar-refractivity contribution in [3.8, 4) is 33.4 Å². The molecule has 7 aromatic carbocycles. The molecule has 73 heavy (non-hydrogen) atoms. The number of hydrogen-bond acceptors (Lipinski definition) is 3. The number of thiophene rings is 1. The van der Waals surface area contributed by atoms with E-state index in [9.17, 15) is 0 Å². The molecule has 2 aliphatic heterocycles. The Bertz CT molecular complexity index is 3770. The van der Waals surface area contributed by atoms with Crippen LogP contribution >= 0.6 is 11.3 Å². The molecule has 0 bridgehead atoms. The van der Waals surface area contributed by atoms with Gasteiger partial charge in [-0.25, -0.2) is 0 Å². The van der Waals surface area contributed by atoms with Gasteiger partial charge in [0.15, 0.2) is 0 Å². The number of allylic oxidation sites excluding steroid dienone is 5. The zero-order valence-electron chi connectivity index (χ0n) is 42.2. The van der Waals surface area contributed by atoms with Crippen LogP contribution in [0.3, 0.4) is 0 Å². The monoisotopic (exact) mass is 960 g/mol. The van der Waals surface area contributed by atoms with Gasteiger partial charge in [0.05, 0.1) is 18.1 Å². The molecule has 5 aliphatic carbocycles. The Morgan fingerprint density at radius 2 is 1.27 bits per heavy atom. The van der Waals surface area contributed by atoms with Gasteiger partial charge in [-0.15, -0.1) is 11.3 Å². The second kappa shape index (κ2) is 16.1. The van der Waals surface area contributed by atoms with E-state index in [2.05, 4.69) is 250 Å². The molecule has 8 aromatic rings. The van der Waals surface area contributed by atoms with Crippen molar-refractivity contribution < 1.29 is 0 Å². The van der Waals surface area contributed by atoms with Crippen LogP contribution in [0.5, 0.6) is 0 Å². The molecular weight excluding hydrogens is 901 g/mol. The van der Waals surface area contributed by atoms with E-state index >= 15 is 0 Å². The Balaban J connectivity index is 0.808. The molecule has 2 nitrogen and oxygen atoms in total. The fraction of sp³-hybridized carbons (Fsp3) is 0.229. The summed E-state index contributed by atoms with van der Waals surface area (Å²) >= 11 is 1.96. The lowest BCUT2D eigenvalue weighted by Crippen LogP contribution is -2.35. The lowest BCUT2D eigenvalue weighted by Gasteiger charge is -2.35. The fourth-order valence-electron chi connectivity index (χ4n) is 15.4. The van der Waals surface area contributed by atoms with E-state index in [-0.39, 0.29) is 22.9 Å². The van der Waals surface area contributed by atoms with Crippen molar-refractivity contribution in [2.45, 2.75) is 76.4 Å². The molecule has 1 aromatic heterocycles. The first-order chi connectivity index (χ1) is 35.7. The average molecular weight is 961 g/mol. The Morgan fingerprint density at radius 1 is 0.575 bits per heavy atom. The van der Waals surface area contributed by atoms with E-state index in [0.29, 0.717) is 29.7 Å². The van der Waals surface area contributed by atoms with E-state index in [0.717, 1.165) is 19.3 Å². The first-order valence-electron chi connectivity index (χ1n) is 26.9. The number of rotatable bonds is 6. The fourth-order valence-corrected chi connectivity index (χ4v) is 16.5. The van der Waals surface area contributed by atoms with Crippen molar-refractivity contribution in [1.82, 2.24) is 0 Å². The molecule has 7 atom stereocenters. The summed E-state index contributed by atoms with van der Waals surface area (Å²) < 4.78 is 2.79. The number of benzene rings is 7. The maximum atomic E-state index is 2.82. The normalized spacial score (nSPS) is 25.3. The summed E-state index contributed by atoms with van der Waals surface area (Å²) in [5, 5.41) is 2.80. The van der Waals surface area contributed by atoms with Gasteiger partial charge >= 0.3 is 0 Å². The smallest absolute Gasteiger partial charge is 0.0635 e. The molecule has 0 radical (unpaired) electrons. The van der Waals surface area contributed by atoms with E-state index < -0.39 is 0 Å². The van der Waals surface area contributed by atoms with Crippen molar-refractivity contribution in [2.24, 2.45) is 23.2 Å². The van der Waals surface area contributed by atoms with Gasteiger partial charge in [-0.05, 0) is 157 Å². The third-order valence-corrected chi connectivity index (χ3v) is 19.8. The van der Waals surface area contributed by atoms with Crippen LogP contribution in [0.15, 0.2) is 217 Å². The molecule has 0 N–H and O–H groups in total. The number of para-hydroxylation sites is 1. The van der Waals surface area contributed by atoms with Crippen LogP contribution in [0.2, 0.25) is 0 Å². The highest BCUT2D eigenvalue weighted by atomic mass is 32.1. The van der Waals surface area contributed by atoms with Crippen molar-refractivity contribution >= 4 is 50.6 Å². The molecule has 7 aliphatic rings. The Kier molecular flexibility index (Phi) is 9.60. The van der Waals surface area contributed by atoms with E-state index in [1.807, 2.05) is 11.3 Å². The van der Waals surface area contributed by atoms with Crippen LogP contribution in [0.1, 0.15) is 75.6 Å². The number of anilines is 3. The maximum Gasteiger partial charge on any atom is 0.0635 e.